The van der Waals surface area contributed by atoms with E-state index in [1.807, 2.05) is 0 Å². The molecule has 0 aromatic carbocycles. The molecule has 0 bridgehead atoms. The van der Waals surface area contributed by atoms with Crippen molar-refractivity contribution in [2.75, 3.05) is 0 Å². The summed E-state index contributed by atoms with van der Waals surface area (Å²) in [6, 6.07) is 3.53. The Labute approximate surface area is 96.4 Å². The van der Waals surface area contributed by atoms with Crippen LogP contribution in [0.15, 0.2) is 24.5 Å². The summed E-state index contributed by atoms with van der Waals surface area (Å²) in [6.45, 7) is 0.315. The molecule has 1 amide bonds. The maximum absolute atomic E-state index is 11.1. The van der Waals surface area contributed by atoms with E-state index in [4.69, 9.17) is 34.8 Å². The first kappa shape index (κ1) is 11.6. The Morgan fingerprint density at radius 2 is 1.93 bits per heavy atom. The molecule has 1 heterocycles. The van der Waals surface area contributed by atoms with Crippen LogP contribution in [0.25, 0.3) is 0 Å². The number of nitrogens with zero attached hydrogens (tertiary/aromatic N) is 1. The highest BCUT2D eigenvalue weighted by Gasteiger charge is 2.29. The molecular weight excluding hydrogens is 246 g/mol. The number of pyridine rings is 1. The lowest BCUT2D eigenvalue weighted by atomic mass is 10.3. The Balaban J connectivity index is 2.46. The molecule has 0 aliphatic carbocycles. The second kappa shape index (κ2) is 4.82. The molecule has 1 rings (SSSR count). The first-order valence-corrected chi connectivity index (χ1v) is 4.87. The van der Waals surface area contributed by atoms with Gasteiger partial charge >= 0.3 is 0 Å². The third kappa shape index (κ3) is 3.70. The normalized spacial score (nSPS) is 11.1. The van der Waals surface area contributed by atoms with Gasteiger partial charge in [0.25, 0.3) is 9.70 Å². The summed E-state index contributed by atoms with van der Waals surface area (Å²) in [5, 5.41) is 2.48. The van der Waals surface area contributed by atoms with Crippen molar-refractivity contribution in [3.63, 3.8) is 0 Å². The fraction of sp³-hybridized carbons (Fsp3) is 0.250. The fourth-order valence-electron chi connectivity index (χ4n) is 0.783. The molecule has 0 aliphatic heterocycles. The Kier molecular flexibility index (Phi) is 3.98. The number of hydrogen-bond donors (Lipinski definition) is 1. The first-order valence-electron chi connectivity index (χ1n) is 3.74. The molecule has 14 heavy (non-hydrogen) atoms. The highest BCUT2D eigenvalue weighted by atomic mass is 35.6. The van der Waals surface area contributed by atoms with Crippen LogP contribution in [0, 0.1) is 0 Å². The van der Waals surface area contributed by atoms with E-state index in [0.717, 1.165) is 5.56 Å². The molecule has 1 N–H and O–H groups in total. The zero-order valence-electron chi connectivity index (χ0n) is 7.01. The van der Waals surface area contributed by atoms with Crippen LogP contribution in [0.5, 0.6) is 0 Å². The molecule has 0 saturated heterocycles. The second-order valence-corrected chi connectivity index (χ2v) is 4.82. The van der Waals surface area contributed by atoms with Gasteiger partial charge in [-0.1, -0.05) is 34.8 Å². The second-order valence-electron chi connectivity index (χ2n) is 2.54. The van der Waals surface area contributed by atoms with Crippen LogP contribution in [-0.4, -0.2) is 14.7 Å². The van der Waals surface area contributed by atoms with Gasteiger partial charge in [-0.25, -0.2) is 0 Å². The predicted molar refractivity (Wildman–Crippen MR) is 56.4 cm³/mol. The predicted octanol–water partition coefficient (Wildman–Crippen LogP) is 2.07. The molecule has 6 heteroatoms. The summed E-state index contributed by atoms with van der Waals surface area (Å²) in [4.78, 5) is 14.9. The number of rotatable bonds is 2. The van der Waals surface area contributed by atoms with Gasteiger partial charge in [0.1, 0.15) is 0 Å². The number of amides is 1. The van der Waals surface area contributed by atoms with Gasteiger partial charge in [-0.05, 0) is 17.7 Å². The average Bonchev–Trinajstić information content (AvgIpc) is 2.14. The highest BCUT2D eigenvalue weighted by Crippen LogP contribution is 2.25. The lowest BCUT2D eigenvalue weighted by Gasteiger charge is -2.10. The van der Waals surface area contributed by atoms with Gasteiger partial charge in [-0.3, -0.25) is 9.78 Å². The minimum absolute atomic E-state index is 0.315. The third-order valence-corrected chi connectivity index (χ3v) is 1.97. The van der Waals surface area contributed by atoms with Gasteiger partial charge in [0.2, 0.25) is 0 Å². The van der Waals surface area contributed by atoms with E-state index in [9.17, 15) is 4.79 Å². The van der Waals surface area contributed by atoms with Crippen molar-refractivity contribution < 1.29 is 4.79 Å². The number of hydrogen-bond acceptors (Lipinski definition) is 2. The van der Waals surface area contributed by atoms with Crippen molar-refractivity contribution in [1.29, 1.82) is 0 Å². The van der Waals surface area contributed by atoms with Crippen LogP contribution < -0.4 is 5.32 Å². The maximum atomic E-state index is 11.1. The van der Waals surface area contributed by atoms with Crippen LogP contribution in [0.3, 0.4) is 0 Å². The summed E-state index contributed by atoms with van der Waals surface area (Å²) < 4.78 is -1.91. The standard InChI is InChI=1S/C8H7Cl3N2O/c9-8(10,11)7(14)13-5-6-1-3-12-4-2-6/h1-4H,5H2,(H,13,14). The Morgan fingerprint density at radius 3 is 2.43 bits per heavy atom. The fourth-order valence-corrected chi connectivity index (χ4v) is 0.984. The summed E-state index contributed by atoms with van der Waals surface area (Å²) in [6.07, 6.45) is 3.24. The third-order valence-electron chi connectivity index (χ3n) is 1.46. The molecule has 0 spiro atoms. The average molecular weight is 254 g/mol. The SMILES string of the molecule is O=C(NCc1ccncc1)C(Cl)(Cl)Cl. The highest BCUT2D eigenvalue weighted by molar-refractivity contribution is 6.76. The Bertz CT molecular complexity index is 310. The largest absolute Gasteiger partial charge is 0.348 e. The molecule has 76 valence electrons. The first-order chi connectivity index (χ1) is 6.50. The monoisotopic (exact) mass is 252 g/mol. The molecule has 3 nitrogen and oxygen atoms in total. The van der Waals surface area contributed by atoms with E-state index in [1.54, 1.807) is 24.5 Å². The van der Waals surface area contributed by atoms with E-state index >= 15 is 0 Å². The number of halogens is 3. The molecule has 0 radical (unpaired) electrons. The Morgan fingerprint density at radius 1 is 1.36 bits per heavy atom. The molecule has 1 aromatic rings. The zero-order valence-corrected chi connectivity index (χ0v) is 9.27. The van der Waals surface area contributed by atoms with Crippen molar-refractivity contribution in [2.24, 2.45) is 0 Å². The Hall–Kier alpha value is -0.510. The van der Waals surface area contributed by atoms with Crippen molar-refractivity contribution in [1.82, 2.24) is 10.3 Å². The molecule has 0 saturated carbocycles. The molecule has 0 fully saturated rings. The van der Waals surface area contributed by atoms with Crippen molar-refractivity contribution in [2.45, 2.75) is 10.3 Å². The van der Waals surface area contributed by atoms with Crippen LogP contribution in [0.1, 0.15) is 5.56 Å². The summed E-state index contributed by atoms with van der Waals surface area (Å²) in [5.74, 6) is -0.640. The molecule has 0 aliphatic rings. The quantitative estimate of drug-likeness (QED) is 0.820. The van der Waals surface area contributed by atoms with E-state index in [1.165, 1.54) is 0 Å². The number of carbonyl (C=O) groups is 1. The van der Waals surface area contributed by atoms with Gasteiger partial charge in [-0.2, -0.15) is 0 Å². The number of nitrogens with one attached hydrogen (secondary N) is 1. The van der Waals surface area contributed by atoms with E-state index < -0.39 is 9.70 Å². The summed E-state index contributed by atoms with van der Waals surface area (Å²) >= 11 is 16.1. The molecule has 0 atom stereocenters. The van der Waals surface area contributed by atoms with Crippen molar-refractivity contribution in [3.8, 4) is 0 Å². The van der Waals surface area contributed by atoms with Crippen LogP contribution in [0.4, 0.5) is 0 Å². The maximum Gasteiger partial charge on any atom is 0.272 e. The number of alkyl halides is 3. The number of aromatic nitrogens is 1. The number of carbonyl (C=O) groups excluding carboxylic acids is 1. The van der Waals surface area contributed by atoms with E-state index in [0.29, 0.717) is 6.54 Å². The molecular formula is C8H7Cl3N2O. The minimum Gasteiger partial charge on any atom is -0.348 e. The summed E-state index contributed by atoms with van der Waals surface area (Å²) in [7, 11) is 0. The molecule has 1 aromatic heterocycles. The van der Waals surface area contributed by atoms with E-state index in [-0.39, 0.29) is 0 Å². The van der Waals surface area contributed by atoms with E-state index in [2.05, 4.69) is 10.3 Å². The van der Waals surface area contributed by atoms with Crippen LogP contribution >= 0.6 is 34.8 Å². The van der Waals surface area contributed by atoms with Crippen molar-refractivity contribution >= 4 is 40.7 Å². The minimum atomic E-state index is -1.91. The molecule has 0 unspecified atom stereocenters. The topological polar surface area (TPSA) is 42.0 Å². The zero-order chi connectivity index (χ0) is 10.6. The van der Waals surface area contributed by atoms with Crippen molar-refractivity contribution in [3.05, 3.63) is 30.1 Å². The van der Waals surface area contributed by atoms with Gasteiger partial charge in [0.05, 0.1) is 0 Å². The lowest BCUT2D eigenvalue weighted by molar-refractivity contribution is -0.120. The van der Waals surface area contributed by atoms with Crippen LogP contribution in [-0.2, 0) is 11.3 Å². The van der Waals surface area contributed by atoms with Gasteiger partial charge < -0.3 is 5.32 Å². The lowest BCUT2D eigenvalue weighted by Crippen LogP contribution is -2.33. The van der Waals surface area contributed by atoms with Gasteiger partial charge in [0.15, 0.2) is 0 Å². The van der Waals surface area contributed by atoms with Gasteiger partial charge in [0, 0.05) is 18.9 Å². The van der Waals surface area contributed by atoms with Gasteiger partial charge in [-0.15, -0.1) is 0 Å². The smallest absolute Gasteiger partial charge is 0.272 e. The summed E-state index contributed by atoms with van der Waals surface area (Å²) in [5.41, 5.74) is 0.891. The van der Waals surface area contributed by atoms with Crippen LogP contribution in [0.2, 0.25) is 0 Å².